The van der Waals surface area contributed by atoms with Crippen molar-refractivity contribution in [1.29, 1.82) is 0 Å². The Labute approximate surface area is 156 Å². The van der Waals surface area contributed by atoms with Crippen molar-refractivity contribution in [2.24, 2.45) is 0 Å². The largest absolute Gasteiger partial charge is 0.433 e. The number of alkyl halides is 3. The van der Waals surface area contributed by atoms with E-state index in [2.05, 4.69) is 35.3 Å². The second-order valence-corrected chi connectivity index (χ2v) is 5.55. The molecule has 0 amide bonds. The van der Waals surface area contributed by atoms with Crippen molar-refractivity contribution >= 4 is 11.5 Å². The average molecular weight is 384 g/mol. The predicted octanol–water partition coefficient (Wildman–Crippen LogP) is 3.28. The molecular weight excluding hydrogens is 373 g/mol. The van der Waals surface area contributed by atoms with Crippen LogP contribution >= 0.6 is 0 Å². The lowest BCUT2D eigenvalue weighted by atomic mass is 10.2. The van der Waals surface area contributed by atoms with Crippen LogP contribution in [0.2, 0.25) is 0 Å². The molecule has 0 aliphatic rings. The lowest BCUT2D eigenvalue weighted by Crippen LogP contribution is -2.11. The van der Waals surface area contributed by atoms with Gasteiger partial charge in [-0.1, -0.05) is 0 Å². The minimum Gasteiger partial charge on any atom is -0.338 e. The van der Waals surface area contributed by atoms with E-state index in [1.54, 1.807) is 30.6 Å². The Bertz CT molecular complexity index is 1080. The first-order chi connectivity index (χ1) is 13.5. The van der Waals surface area contributed by atoms with Gasteiger partial charge in [0, 0.05) is 36.4 Å². The number of hydrogen-bond donors (Lipinski definition) is 1. The molecule has 0 unspecified atom stereocenters. The standard InChI is InChI=1S/C17H11F3N8/c18-17(19,20)13-7-14(27-15(26-13)11-3-1-4-21-8-11)25-12-9-24-28(10-12)16-22-5-2-6-23-16/h1-10H,(H,25,26,27). The second kappa shape index (κ2) is 7.02. The van der Waals surface area contributed by atoms with Crippen molar-refractivity contribution in [3.05, 3.63) is 67.1 Å². The molecule has 0 atom stereocenters. The van der Waals surface area contributed by atoms with Gasteiger partial charge in [-0.2, -0.15) is 18.3 Å². The molecule has 8 nitrogen and oxygen atoms in total. The highest BCUT2D eigenvalue weighted by Gasteiger charge is 2.34. The predicted molar refractivity (Wildman–Crippen MR) is 92.7 cm³/mol. The summed E-state index contributed by atoms with van der Waals surface area (Å²) >= 11 is 0. The topological polar surface area (TPSA) is 94.3 Å². The van der Waals surface area contributed by atoms with E-state index < -0.39 is 11.9 Å². The van der Waals surface area contributed by atoms with E-state index in [1.165, 1.54) is 29.5 Å². The van der Waals surface area contributed by atoms with Crippen LogP contribution in [0, 0.1) is 0 Å². The van der Waals surface area contributed by atoms with Crippen LogP contribution in [0.25, 0.3) is 17.3 Å². The molecular formula is C17H11F3N8. The summed E-state index contributed by atoms with van der Waals surface area (Å²) in [5.41, 5.74) is -0.288. The molecule has 1 N–H and O–H groups in total. The van der Waals surface area contributed by atoms with Gasteiger partial charge in [0.1, 0.15) is 5.82 Å². The normalized spacial score (nSPS) is 11.4. The van der Waals surface area contributed by atoms with Crippen LogP contribution in [-0.4, -0.2) is 34.7 Å². The zero-order chi connectivity index (χ0) is 19.6. The van der Waals surface area contributed by atoms with Crippen molar-refractivity contribution in [2.75, 3.05) is 5.32 Å². The van der Waals surface area contributed by atoms with E-state index in [0.29, 0.717) is 17.2 Å². The number of nitrogens with zero attached hydrogens (tertiary/aromatic N) is 7. The van der Waals surface area contributed by atoms with Gasteiger partial charge in [-0.05, 0) is 18.2 Å². The number of pyridine rings is 1. The zero-order valence-corrected chi connectivity index (χ0v) is 14.0. The van der Waals surface area contributed by atoms with Gasteiger partial charge in [-0.25, -0.2) is 24.6 Å². The van der Waals surface area contributed by atoms with Crippen molar-refractivity contribution in [3.8, 4) is 17.3 Å². The highest BCUT2D eigenvalue weighted by Crippen LogP contribution is 2.31. The van der Waals surface area contributed by atoms with Gasteiger partial charge in [0.25, 0.3) is 0 Å². The number of halogens is 3. The Morgan fingerprint density at radius 1 is 0.964 bits per heavy atom. The third-order valence-corrected chi connectivity index (χ3v) is 3.55. The fourth-order valence-electron chi connectivity index (χ4n) is 2.33. The summed E-state index contributed by atoms with van der Waals surface area (Å²) < 4.78 is 41.2. The van der Waals surface area contributed by atoms with Gasteiger partial charge in [-0.15, -0.1) is 0 Å². The lowest BCUT2D eigenvalue weighted by Gasteiger charge is -2.11. The van der Waals surface area contributed by atoms with E-state index in [9.17, 15) is 13.2 Å². The van der Waals surface area contributed by atoms with Crippen LogP contribution in [0.15, 0.2) is 61.4 Å². The summed E-state index contributed by atoms with van der Waals surface area (Å²) in [7, 11) is 0. The van der Waals surface area contributed by atoms with Crippen LogP contribution in [-0.2, 0) is 6.18 Å². The molecule has 4 rings (SSSR count). The summed E-state index contributed by atoms with van der Waals surface area (Å²) in [6.07, 6.45) is 4.34. The molecule has 0 radical (unpaired) electrons. The molecule has 140 valence electrons. The summed E-state index contributed by atoms with van der Waals surface area (Å²) in [6.45, 7) is 0. The lowest BCUT2D eigenvalue weighted by molar-refractivity contribution is -0.141. The molecule has 11 heteroatoms. The Hall–Kier alpha value is -3.89. The summed E-state index contributed by atoms with van der Waals surface area (Å²) in [5.74, 6) is 0.198. The van der Waals surface area contributed by atoms with Gasteiger partial charge >= 0.3 is 6.18 Å². The third kappa shape index (κ3) is 3.77. The SMILES string of the molecule is FC(F)(F)c1cc(Nc2cnn(-c3ncccn3)c2)nc(-c2cccnc2)n1. The average Bonchev–Trinajstić information content (AvgIpc) is 3.17. The Morgan fingerprint density at radius 2 is 1.79 bits per heavy atom. The van der Waals surface area contributed by atoms with E-state index >= 15 is 0 Å². The van der Waals surface area contributed by atoms with E-state index in [1.807, 2.05) is 0 Å². The molecule has 0 spiro atoms. The van der Waals surface area contributed by atoms with Crippen molar-refractivity contribution in [3.63, 3.8) is 0 Å². The molecule has 0 aliphatic carbocycles. The van der Waals surface area contributed by atoms with Gasteiger partial charge in [0.2, 0.25) is 5.95 Å². The third-order valence-electron chi connectivity index (χ3n) is 3.55. The highest BCUT2D eigenvalue weighted by atomic mass is 19.4. The van der Waals surface area contributed by atoms with Gasteiger partial charge in [0.05, 0.1) is 18.1 Å². The molecule has 0 saturated heterocycles. The van der Waals surface area contributed by atoms with Gasteiger partial charge in [0.15, 0.2) is 11.5 Å². The maximum absolute atomic E-state index is 13.3. The Kier molecular flexibility index (Phi) is 4.39. The highest BCUT2D eigenvalue weighted by molar-refractivity contribution is 5.60. The summed E-state index contributed by atoms with van der Waals surface area (Å²) in [5, 5.41) is 6.89. The maximum atomic E-state index is 13.3. The fraction of sp³-hybridized carbons (Fsp3) is 0.0588. The van der Waals surface area contributed by atoms with E-state index in [-0.39, 0.29) is 11.6 Å². The second-order valence-electron chi connectivity index (χ2n) is 5.55. The number of aromatic nitrogens is 7. The molecule has 0 aromatic carbocycles. The van der Waals surface area contributed by atoms with Crippen LogP contribution < -0.4 is 5.32 Å². The van der Waals surface area contributed by atoms with Gasteiger partial charge < -0.3 is 5.32 Å². The Morgan fingerprint density at radius 3 is 2.50 bits per heavy atom. The van der Waals surface area contributed by atoms with E-state index in [0.717, 1.165) is 6.07 Å². The molecule has 4 heterocycles. The molecule has 28 heavy (non-hydrogen) atoms. The number of rotatable bonds is 4. The maximum Gasteiger partial charge on any atom is 0.433 e. The molecule has 0 saturated carbocycles. The first kappa shape index (κ1) is 17.5. The van der Waals surface area contributed by atoms with Crippen LogP contribution in [0.5, 0.6) is 0 Å². The first-order valence-electron chi connectivity index (χ1n) is 7.95. The van der Waals surface area contributed by atoms with Crippen molar-refractivity contribution in [2.45, 2.75) is 6.18 Å². The van der Waals surface area contributed by atoms with E-state index in [4.69, 9.17) is 0 Å². The number of anilines is 2. The molecule has 0 aliphatic heterocycles. The van der Waals surface area contributed by atoms with Crippen molar-refractivity contribution in [1.82, 2.24) is 34.7 Å². The summed E-state index contributed by atoms with van der Waals surface area (Å²) in [4.78, 5) is 19.8. The number of nitrogens with one attached hydrogen (secondary N) is 1. The molecule has 4 aromatic heterocycles. The van der Waals surface area contributed by atoms with Crippen LogP contribution in [0.3, 0.4) is 0 Å². The minimum absolute atomic E-state index is 0.0327. The summed E-state index contributed by atoms with van der Waals surface area (Å²) in [6, 6.07) is 5.66. The smallest absolute Gasteiger partial charge is 0.338 e. The number of hydrogen-bond acceptors (Lipinski definition) is 7. The molecule has 0 fully saturated rings. The fourth-order valence-corrected chi connectivity index (χ4v) is 2.33. The van der Waals surface area contributed by atoms with Crippen LogP contribution in [0.4, 0.5) is 24.7 Å². The monoisotopic (exact) mass is 384 g/mol. The van der Waals surface area contributed by atoms with Gasteiger partial charge in [-0.3, -0.25) is 4.98 Å². The van der Waals surface area contributed by atoms with Crippen LogP contribution in [0.1, 0.15) is 5.69 Å². The zero-order valence-electron chi connectivity index (χ0n) is 14.0. The molecule has 0 bridgehead atoms. The first-order valence-corrected chi connectivity index (χ1v) is 7.95. The molecule has 4 aromatic rings. The Balaban J connectivity index is 1.69. The quantitative estimate of drug-likeness (QED) is 0.577. The van der Waals surface area contributed by atoms with Crippen molar-refractivity contribution < 1.29 is 13.2 Å². The minimum atomic E-state index is -4.63.